The average Bonchev–Trinajstić information content (AvgIpc) is 2.44. The molecule has 0 N–H and O–H groups in total. The maximum absolute atomic E-state index is 5.86. The Morgan fingerprint density at radius 1 is 1.15 bits per heavy atom. The third kappa shape index (κ3) is 4.45. The molecule has 0 amide bonds. The van der Waals surface area contributed by atoms with Gasteiger partial charge < -0.3 is 14.2 Å². The lowest BCUT2D eigenvalue weighted by Crippen LogP contribution is -2.30. The molecule has 0 aliphatic heterocycles. The summed E-state index contributed by atoms with van der Waals surface area (Å²) >= 11 is 5.86. The van der Waals surface area contributed by atoms with Gasteiger partial charge in [-0.2, -0.15) is 9.97 Å². The summed E-state index contributed by atoms with van der Waals surface area (Å²) in [5, 5.41) is 0.0835. The zero-order valence-corrected chi connectivity index (χ0v) is 12.6. The third-order valence-corrected chi connectivity index (χ3v) is 3.35. The number of nitrogens with zero attached hydrogens (tertiary/aromatic N) is 3. The largest absolute Gasteiger partial charge is 0.463 e. The van der Waals surface area contributed by atoms with Crippen LogP contribution in [0.25, 0.3) is 0 Å². The fourth-order valence-corrected chi connectivity index (χ4v) is 2.34. The minimum atomic E-state index is 0.0474. The maximum Gasteiger partial charge on any atom is 0.324 e. The standard InChI is InChI=1S/C13H20ClN3O3/c1-3-7-19-12-15-11(14)16-13(17-12)20-10-6-4-5-9(8-10)18-2/h9-10H,3-8H2,1-2H3. The second-order valence-electron chi connectivity index (χ2n) is 4.78. The number of halogens is 1. The number of hydrogen-bond donors (Lipinski definition) is 0. The van der Waals surface area contributed by atoms with Crippen LogP contribution >= 0.6 is 11.6 Å². The third-order valence-electron chi connectivity index (χ3n) is 3.19. The van der Waals surface area contributed by atoms with Crippen LogP contribution in [0.2, 0.25) is 5.28 Å². The Kier molecular flexibility index (Phi) is 5.79. The van der Waals surface area contributed by atoms with Crippen molar-refractivity contribution in [3.8, 4) is 12.0 Å². The molecule has 7 heteroatoms. The van der Waals surface area contributed by atoms with Gasteiger partial charge >= 0.3 is 12.0 Å². The van der Waals surface area contributed by atoms with E-state index in [1.165, 1.54) is 0 Å². The highest BCUT2D eigenvalue weighted by atomic mass is 35.5. The molecule has 1 aliphatic rings. The molecule has 2 unspecified atom stereocenters. The molecule has 1 aromatic rings. The number of methoxy groups -OCH3 is 1. The van der Waals surface area contributed by atoms with Gasteiger partial charge in [-0.15, -0.1) is 4.98 Å². The summed E-state index contributed by atoms with van der Waals surface area (Å²) in [6, 6.07) is 0.429. The number of hydrogen-bond acceptors (Lipinski definition) is 6. The van der Waals surface area contributed by atoms with E-state index in [9.17, 15) is 0 Å². The Morgan fingerprint density at radius 3 is 2.65 bits per heavy atom. The topological polar surface area (TPSA) is 66.4 Å². The van der Waals surface area contributed by atoms with Gasteiger partial charge in [-0.1, -0.05) is 6.92 Å². The molecule has 6 nitrogen and oxygen atoms in total. The van der Waals surface area contributed by atoms with E-state index < -0.39 is 0 Å². The molecule has 1 aliphatic carbocycles. The number of aromatic nitrogens is 3. The lowest BCUT2D eigenvalue weighted by atomic mass is 9.95. The van der Waals surface area contributed by atoms with Crippen molar-refractivity contribution in [2.24, 2.45) is 0 Å². The van der Waals surface area contributed by atoms with Crippen LogP contribution in [0.15, 0.2) is 0 Å². The van der Waals surface area contributed by atoms with E-state index in [1.54, 1.807) is 7.11 Å². The maximum atomic E-state index is 5.86. The molecule has 2 atom stereocenters. The van der Waals surface area contributed by atoms with Gasteiger partial charge in [-0.3, -0.25) is 0 Å². The lowest BCUT2D eigenvalue weighted by molar-refractivity contribution is 0.0175. The van der Waals surface area contributed by atoms with Crippen LogP contribution < -0.4 is 9.47 Å². The molecule has 20 heavy (non-hydrogen) atoms. The zero-order valence-electron chi connectivity index (χ0n) is 11.8. The highest BCUT2D eigenvalue weighted by molar-refractivity contribution is 6.28. The predicted molar refractivity (Wildman–Crippen MR) is 74.3 cm³/mol. The Hall–Kier alpha value is -1.14. The molecule has 0 spiro atoms. The van der Waals surface area contributed by atoms with Gasteiger partial charge in [0, 0.05) is 13.5 Å². The van der Waals surface area contributed by atoms with Crippen molar-refractivity contribution in [3.63, 3.8) is 0 Å². The van der Waals surface area contributed by atoms with Gasteiger partial charge in [0.25, 0.3) is 0 Å². The van der Waals surface area contributed by atoms with E-state index in [0.29, 0.717) is 6.61 Å². The summed E-state index contributed by atoms with van der Waals surface area (Å²) in [5.41, 5.74) is 0. The molecule has 0 aromatic carbocycles. The van der Waals surface area contributed by atoms with Crippen LogP contribution in [0.1, 0.15) is 39.0 Å². The molecule has 0 saturated heterocycles. The molecule has 1 fully saturated rings. The minimum Gasteiger partial charge on any atom is -0.463 e. The fraction of sp³-hybridized carbons (Fsp3) is 0.769. The lowest BCUT2D eigenvalue weighted by Gasteiger charge is -2.27. The van der Waals surface area contributed by atoms with E-state index in [2.05, 4.69) is 15.0 Å². The molecule has 1 aromatic heterocycles. The molecular formula is C13H20ClN3O3. The molecule has 0 bridgehead atoms. The first-order chi connectivity index (χ1) is 9.71. The van der Waals surface area contributed by atoms with Gasteiger partial charge in [-0.25, -0.2) is 0 Å². The summed E-state index contributed by atoms with van der Waals surface area (Å²) in [4.78, 5) is 12.0. The highest BCUT2D eigenvalue weighted by Crippen LogP contribution is 2.24. The van der Waals surface area contributed by atoms with Crippen LogP contribution in [-0.4, -0.2) is 40.9 Å². The quantitative estimate of drug-likeness (QED) is 0.805. The van der Waals surface area contributed by atoms with Gasteiger partial charge in [0.15, 0.2) is 0 Å². The normalized spacial score (nSPS) is 22.6. The van der Waals surface area contributed by atoms with Crippen LogP contribution in [-0.2, 0) is 4.74 Å². The summed E-state index contributed by atoms with van der Waals surface area (Å²) in [6.45, 7) is 2.54. The Balaban J connectivity index is 1.99. The van der Waals surface area contributed by atoms with E-state index in [4.69, 9.17) is 25.8 Å². The minimum absolute atomic E-state index is 0.0474. The number of rotatable bonds is 6. The van der Waals surface area contributed by atoms with Gasteiger partial charge in [0.2, 0.25) is 5.28 Å². The van der Waals surface area contributed by atoms with Crippen molar-refractivity contribution in [3.05, 3.63) is 5.28 Å². The van der Waals surface area contributed by atoms with Gasteiger partial charge in [0.1, 0.15) is 6.10 Å². The summed E-state index contributed by atoms with van der Waals surface area (Å²) in [7, 11) is 1.73. The van der Waals surface area contributed by atoms with Crippen molar-refractivity contribution in [2.45, 2.75) is 51.2 Å². The summed E-state index contributed by atoms with van der Waals surface area (Å²) in [6.07, 6.45) is 5.10. The van der Waals surface area contributed by atoms with Crippen LogP contribution in [0, 0.1) is 0 Å². The smallest absolute Gasteiger partial charge is 0.324 e. The van der Waals surface area contributed by atoms with Gasteiger partial charge in [-0.05, 0) is 37.3 Å². The molecule has 2 rings (SSSR count). The predicted octanol–water partition coefficient (Wildman–Crippen LogP) is 2.65. The molecular weight excluding hydrogens is 282 g/mol. The van der Waals surface area contributed by atoms with Crippen molar-refractivity contribution in [1.29, 1.82) is 0 Å². The van der Waals surface area contributed by atoms with E-state index in [1.807, 2.05) is 6.92 Å². The molecule has 112 valence electrons. The second kappa shape index (κ2) is 7.59. The summed E-state index contributed by atoms with van der Waals surface area (Å²) < 4.78 is 16.5. The van der Waals surface area contributed by atoms with Crippen molar-refractivity contribution >= 4 is 11.6 Å². The molecule has 0 radical (unpaired) electrons. The molecule has 1 heterocycles. The highest BCUT2D eigenvalue weighted by Gasteiger charge is 2.24. The number of ether oxygens (including phenoxy) is 3. The SMILES string of the molecule is CCCOc1nc(Cl)nc(OC2CCCC(OC)C2)n1. The van der Waals surface area contributed by atoms with Crippen molar-refractivity contribution < 1.29 is 14.2 Å². The van der Waals surface area contributed by atoms with Gasteiger partial charge in [0.05, 0.1) is 12.7 Å². The van der Waals surface area contributed by atoms with E-state index >= 15 is 0 Å². The first kappa shape index (κ1) is 15.3. The molecule has 1 saturated carbocycles. The zero-order chi connectivity index (χ0) is 14.4. The van der Waals surface area contributed by atoms with E-state index in [0.717, 1.165) is 32.1 Å². The monoisotopic (exact) mass is 301 g/mol. The Bertz CT molecular complexity index is 433. The van der Waals surface area contributed by atoms with Crippen LogP contribution in [0.3, 0.4) is 0 Å². The Labute approximate surface area is 123 Å². The van der Waals surface area contributed by atoms with Crippen LogP contribution in [0.4, 0.5) is 0 Å². The second-order valence-corrected chi connectivity index (χ2v) is 5.12. The first-order valence-corrected chi connectivity index (χ1v) is 7.33. The first-order valence-electron chi connectivity index (χ1n) is 6.95. The van der Waals surface area contributed by atoms with E-state index in [-0.39, 0.29) is 29.5 Å². The average molecular weight is 302 g/mol. The fourth-order valence-electron chi connectivity index (χ4n) is 2.20. The van der Waals surface area contributed by atoms with Crippen molar-refractivity contribution in [2.75, 3.05) is 13.7 Å². The van der Waals surface area contributed by atoms with Crippen LogP contribution in [0.5, 0.6) is 12.0 Å². The van der Waals surface area contributed by atoms with Crippen molar-refractivity contribution in [1.82, 2.24) is 15.0 Å². The Morgan fingerprint density at radius 2 is 1.90 bits per heavy atom. The summed E-state index contributed by atoms with van der Waals surface area (Å²) in [5.74, 6) is 0.